The first-order valence-corrected chi connectivity index (χ1v) is 11.5. The molecule has 1 aromatic heterocycles. The fourth-order valence-corrected chi connectivity index (χ4v) is 3.79. The Morgan fingerprint density at radius 2 is 1.44 bits per heavy atom. The van der Waals surface area contributed by atoms with Gasteiger partial charge in [-0.05, 0) is 41.0 Å². The van der Waals surface area contributed by atoms with E-state index in [0.29, 0.717) is 23.8 Å². The minimum Gasteiger partial charge on any atom is -0.493 e. The molecule has 5 rings (SSSR count). The number of benzene rings is 4. The molecule has 0 radical (unpaired) electrons. The molecule has 6 nitrogen and oxygen atoms in total. The number of methoxy groups -OCH3 is 1. The monoisotopic (exact) mass is 476 g/mol. The highest BCUT2D eigenvalue weighted by atomic mass is 16.6. The largest absolute Gasteiger partial charge is 0.493 e. The molecule has 0 aliphatic heterocycles. The molecule has 1 heterocycles. The number of esters is 1. The lowest BCUT2D eigenvalue weighted by atomic mass is 10.1. The fraction of sp³-hybridized carbons (Fsp3) is 0.0667. The van der Waals surface area contributed by atoms with Gasteiger partial charge >= 0.3 is 5.97 Å². The molecule has 0 fully saturated rings. The van der Waals surface area contributed by atoms with E-state index in [4.69, 9.17) is 14.0 Å². The summed E-state index contributed by atoms with van der Waals surface area (Å²) in [5.74, 6) is 0.628. The van der Waals surface area contributed by atoms with Crippen LogP contribution in [0.5, 0.6) is 11.5 Å². The molecule has 0 spiro atoms. The minimum absolute atomic E-state index is 0.0814. The van der Waals surface area contributed by atoms with Crippen LogP contribution in [0.4, 0.5) is 5.69 Å². The van der Waals surface area contributed by atoms with E-state index in [1.165, 1.54) is 12.7 Å². The van der Waals surface area contributed by atoms with Gasteiger partial charge in [0.05, 0.1) is 7.11 Å². The third kappa shape index (κ3) is 5.28. The van der Waals surface area contributed by atoms with Crippen molar-refractivity contribution in [2.24, 2.45) is 0 Å². The lowest BCUT2D eigenvalue weighted by Gasteiger charge is -2.12. The van der Waals surface area contributed by atoms with Crippen LogP contribution in [0, 0.1) is 0 Å². The standard InChI is InChI=1S/C30H24N2O4/c1-34-27-17-12-21(20-31-25-15-13-23(14-16-25)22-8-4-2-5-9-22)18-29(27)35-30(33)26-19-28(36-32-26)24-10-6-3-7-11-24/h2-19,31H,20H2,1H3. The Hall–Kier alpha value is -4.84. The number of hydrogen-bond acceptors (Lipinski definition) is 6. The normalized spacial score (nSPS) is 10.6. The summed E-state index contributed by atoms with van der Waals surface area (Å²) in [4.78, 5) is 12.8. The van der Waals surface area contributed by atoms with Gasteiger partial charge in [-0.2, -0.15) is 0 Å². The maximum Gasteiger partial charge on any atom is 0.366 e. The number of hydrogen-bond donors (Lipinski definition) is 1. The number of rotatable bonds is 8. The predicted molar refractivity (Wildman–Crippen MR) is 139 cm³/mol. The SMILES string of the molecule is COc1ccc(CNc2ccc(-c3ccccc3)cc2)cc1OC(=O)c1cc(-c2ccccc2)on1. The molecule has 0 saturated heterocycles. The number of ether oxygens (including phenoxy) is 2. The van der Waals surface area contributed by atoms with Gasteiger partial charge in [-0.1, -0.05) is 84.0 Å². The molecule has 0 aliphatic rings. The van der Waals surface area contributed by atoms with Gasteiger partial charge in [-0.15, -0.1) is 0 Å². The first-order valence-electron chi connectivity index (χ1n) is 11.5. The average molecular weight is 477 g/mol. The smallest absolute Gasteiger partial charge is 0.366 e. The van der Waals surface area contributed by atoms with Gasteiger partial charge < -0.3 is 19.3 Å². The van der Waals surface area contributed by atoms with Crippen LogP contribution in [0.25, 0.3) is 22.5 Å². The topological polar surface area (TPSA) is 73.6 Å². The van der Waals surface area contributed by atoms with Crippen LogP contribution in [-0.2, 0) is 6.54 Å². The summed E-state index contributed by atoms with van der Waals surface area (Å²) in [6.45, 7) is 0.543. The van der Waals surface area contributed by atoms with Gasteiger partial charge in [0.15, 0.2) is 23.0 Å². The Morgan fingerprint density at radius 1 is 0.778 bits per heavy atom. The van der Waals surface area contributed by atoms with E-state index in [-0.39, 0.29) is 5.69 Å². The van der Waals surface area contributed by atoms with Gasteiger partial charge in [0.25, 0.3) is 0 Å². The second-order valence-electron chi connectivity index (χ2n) is 8.11. The minimum atomic E-state index is -0.624. The van der Waals surface area contributed by atoms with Crippen LogP contribution >= 0.6 is 0 Å². The van der Waals surface area contributed by atoms with E-state index in [9.17, 15) is 4.79 Å². The van der Waals surface area contributed by atoms with Crippen molar-refractivity contribution in [3.05, 3.63) is 120 Å². The first-order chi connectivity index (χ1) is 17.7. The molecule has 5 aromatic rings. The Morgan fingerprint density at radius 3 is 2.14 bits per heavy atom. The quantitative estimate of drug-likeness (QED) is 0.195. The van der Waals surface area contributed by atoms with Gasteiger partial charge in [0, 0.05) is 23.9 Å². The molecule has 0 aliphatic carbocycles. The van der Waals surface area contributed by atoms with Gasteiger partial charge in [-0.25, -0.2) is 4.79 Å². The molecule has 0 atom stereocenters. The Labute approximate surface area is 209 Å². The van der Waals surface area contributed by atoms with Crippen molar-refractivity contribution in [3.63, 3.8) is 0 Å². The Balaban J connectivity index is 1.26. The van der Waals surface area contributed by atoms with E-state index in [0.717, 1.165) is 22.4 Å². The van der Waals surface area contributed by atoms with Gasteiger partial charge in [0.2, 0.25) is 0 Å². The van der Waals surface area contributed by atoms with Crippen molar-refractivity contribution >= 4 is 11.7 Å². The second kappa shape index (κ2) is 10.6. The van der Waals surface area contributed by atoms with Crippen molar-refractivity contribution in [2.75, 3.05) is 12.4 Å². The highest BCUT2D eigenvalue weighted by Gasteiger charge is 2.18. The van der Waals surface area contributed by atoms with Crippen molar-refractivity contribution in [3.8, 4) is 33.9 Å². The van der Waals surface area contributed by atoms with Crippen LogP contribution in [-0.4, -0.2) is 18.2 Å². The molecule has 0 bridgehead atoms. The van der Waals surface area contributed by atoms with Crippen molar-refractivity contribution in [1.29, 1.82) is 0 Å². The fourth-order valence-electron chi connectivity index (χ4n) is 3.79. The zero-order valence-electron chi connectivity index (χ0n) is 19.7. The van der Waals surface area contributed by atoms with Crippen molar-refractivity contribution < 1.29 is 18.8 Å². The van der Waals surface area contributed by atoms with Crippen molar-refractivity contribution in [1.82, 2.24) is 5.16 Å². The summed E-state index contributed by atoms with van der Waals surface area (Å²) in [6, 6.07) is 35.0. The third-order valence-corrected chi connectivity index (χ3v) is 5.70. The molecule has 36 heavy (non-hydrogen) atoms. The number of nitrogens with one attached hydrogen (secondary N) is 1. The molecule has 0 amide bonds. The van der Waals surface area contributed by atoms with Crippen LogP contribution in [0.3, 0.4) is 0 Å². The van der Waals surface area contributed by atoms with E-state index in [2.05, 4.69) is 34.7 Å². The van der Waals surface area contributed by atoms with Crippen molar-refractivity contribution in [2.45, 2.75) is 6.54 Å². The molecule has 0 saturated carbocycles. The van der Waals surface area contributed by atoms with E-state index in [1.807, 2.05) is 66.7 Å². The number of nitrogens with zero attached hydrogens (tertiary/aromatic N) is 1. The molecule has 178 valence electrons. The summed E-state index contributed by atoms with van der Waals surface area (Å²) in [6.07, 6.45) is 0. The highest BCUT2D eigenvalue weighted by Crippen LogP contribution is 2.30. The second-order valence-corrected chi connectivity index (χ2v) is 8.11. The third-order valence-electron chi connectivity index (χ3n) is 5.70. The summed E-state index contributed by atoms with van der Waals surface area (Å²) >= 11 is 0. The van der Waals surface area contributed by atoms with Crippen LogP contribution < -0.4 is 14.8 Å². The number of carbonyl (C=O) groups excluding carboxylic acids is 1. The lowest BCUT2D eigenvalue weighted by molar-refractivity contribution is 0.0719. The molecular weight excluding hydrogens is 452 g/mol. The maximum absolute atomic E-state index is 12.8. The summed E-state index contributed by atoms with van der Waals surface area (Å²) < 4.78 is 16.3. The molecular formula is C30H24N2O4. The maximum atomic E-state index is 12.8. The summed E-state index contributed by atoms with van der Waals surface area (Å²) in [5, 5.41) is 7.27. The van der Waals surface area contributed by atoms with E-state index >= 15 is 0 Å². The first kappa shape index (κ1) is 22.9. The van der Waals surface area contributed by atoms with E-state index < -0.39 is 5.97 Å². The number of aromatic nitrogens is 1. The van der Waals surface area contributed by atoms with Crippen LogP contribution in [0.2, 0.25) is 0 Å². The van der Waals surface area contributed by atoms with Crippen LogP contribution in [0.15, 0.2) is 114 Å². The Kier molecular flexibility index (Phi) is 6.76. The highest BCUT2D eigenvalue weighted by molar-refractivity contribution is 5.90. The van der Waals surface area contributed by atoms with E-state index in [1.54, 1.807) is 18.2 Å². The van der Waals surface area contributed by atoms with Crippen LogP contribution in [0.1, 0.15) is 16.1 Å². The average Bonchev–Trinajstić information content (AvgIpc) is 3.44. The van der Waals surface area contributed by atoms with Gasteiger partial charge in [-0.3, -0.25) is 0 Å². The molecule has 4 aromatic carbocycles. The molecule has 6 heteroatoms. The summed E-state index contributed by atoms with van der Waals surface area (Å²) in [5.41, 5.74) is 5.15. The zero-order chi connectivity index (χ0) is 24.7. The number of carbonyl (C=O) groups is 1. The summed E-state index contributed by atoms with van der Waals surface area (Å²) in [7, 11) is 1.53. The number of anilines is 1. The Bertz CT molecular complexity index is 1450. The lowest BCUT2D eigenvalue weighted by Crippen LogP contribution is -2.10. The van der Waals surface area contributed by atoms with Gasteiger partial charge in [0.1, 0.15) is 0 Å². The predicted octanol–water partition coefficient (Wildman–Crippen LogP) is 6.85. The zero-order valence-corrected chi connectivity index (χ0v) is 19.7. The molecule has 1 N–H and O–H groups in total. The molecule has 0 unspecified atom stereocenters.